The first-order valence-corrected chi connectivity index (χ1v) is 4.34. The van der Waals surface area contributed by atoms with Gasteiger partial charge in [0.05, 0.1) is 19.8 Å². The minimum Gasteiger partial charge on any atom is -0.480 e. The third kappa shape index (κ3) is 2.97. The lowest BCUT2D eigenvalue weighted by Crippen LogP contribution is -2.48. The molecule has 0 aliphatic carbocycles. The average Bonchev–Trinajstić information content (AvgIpc) is 2.19. The van der Waals surface area contributed by atoms with Crippen LogP contribution in [-0.4, -0.2) is 48.9 Å². The summed E-state index contributed by atoms with van der Waals surface area (Å²) in [5.41, 5.74) is 0. The van der Waals surface area contributed by atoms with E-state index in [-0.39, 0.29) is 6.61 Å². The van der Waals surface area contributed by atoms with Gasteiger partial charge in [0.2, 0.25) is 0 Å². The quantitative estimate of drug-likeness (QED) is 0.614. The smallest absolute Gasteiger partial charge is 0.325 e. The van der Waals surface area contributed by atoms with Crippen LogP contribution in [0.1, 0.15) is 6.92 Å². The summed E-state index contributed by atoms with van der Waals surface area (Å²) in [6.45, 7) is 2.40. The van der Waals surface area contributed by atoms with Crippen molar-refractivity contribution in [2.24, 2.45) is 0 Å². The van der Waals surface area contributed by atoms with Crippen molar-refractivity contribution in [2.45, 2.75) is 19.1 Å². The van der Waals surface area contributed by atoms with E-state index >= 15 is 0 Å². The Morgan fingerprint density at radius 2 is 2.21 bits per heavy atom. The second kappa shape index (κ2) is 4.92. The highest BCUT2D eigenvalue weighted by atomic mass is 16.6. The Kier molecular flexibility index (Phi) is 3.84. The van der Waals surface area contributed by atoms with E-state index in [1.165, 1.54) is 6.92 Å². The molecule has 0 spiro atoms. The largest absolute Gasteiger partial charge is 0.480 e. The lowest BCUT2D eigenvalue weighted by molar-refractivity contribution is -0.151. The number of aliphatic carboxylic acids is 1. The van der Waals surface area contributed by atoms with Crippen LogP contribution >= 0.6 is 0 Å². The summed E-state index contributed by atoms with van der Waals surface area (Å²) in [4.78, 5) is 21.8. The maximum absolute atomic E-state index is 11.3. The highest BCUT2D eigenvalue weighted by Crippen LogP contribution is 2.00. The minimum atomic E-state index is -1.07. The Balaban J connectivity index is 2.36. The van der Waals surface area contributed by atoms with Crippen LogP contribution in [0.15, 0.2) is 0 Å². The Morgan fingerprint density at radius 1 is 1.50 bits per heavy atom. The molecule has 1 unspecified atom stereocenters. The zero-order valence-corrected chi connectivity index (χ0v) is 7.86. The molecule has 1 aliphatic heterocycles. The van der Waals surface area contributed by atoms with E-state index in [1.807, 2.05) is 0 Å². The van der Waals surface area contributed by atoms with Crippen LogP contribution in [-0.2, 0) is 19.1 Å². The van der Waals surface area contributed by atoms with Crippen molar-refractivity contribution in [2.75, 3.05) is 19.8 Å². The number of carboxylic acids is 1. The molecule has 0 aromatic rings. The normalized spacial score (nSPS) is 23.9. The first kappa shape index (κ1) is 10.9. The highest BCUT2D eigenvalue weighted by molar-refractivity contribution is 5.86. The van der Waals surface area contributed by atoms with Gasteiger partial charge in [-0.25, -0.2) is 0 Å². The topological polar surface area (TPSA) is 84.9 Å². The summed E-state index contributed by atoms with van der Waals surface area (Å²) in [5, 5.41) is 10.8. The molecule has 0 saturated carbocycles. The summed E-state index contributed by atoms with van der Waals surface area (Å²) >= 11 is 0. The highest BCUT2D eigenvalue weighted by Gasteiger charge is 2.25. The molecule has 6 heteroatoms. The Bertz CT molecular complexity index is 224. The van der Waals surface area contributed by atoms with E-state index in [1.54, 1.807) is 0 Å². The Labute approximate surface area is 81.2 Å². The first-order chi connectivity index (χ1) is 6.61. The summed E-state index contributed by atoms with van der Waals surface area (Å²) in [5.74, 6) is -1.52. The molecule has 6 nitrogen and oxygen atoms in total. The van der Waals surface area contributed by atoms with Crippen LogP contribution in [0.4, 0.5) is 0 Å². The molecular weight excluding hydrogens is 190 g/mol. The molecule has 14 heavy (non-hydrogen) atoms. The molecule has 1 amide bonds. The molecule has 1 rings (SSSR count). The summed E-state index contributed by atoms with van der Waals surface area (Å²) < 4.78 is 10.1. The fourth-order valence-electron chi connectivity index (χ4n) is 1.01. The van der Waals surface area contributed by atoms with Gasteiger partial charge >= 0.3 is 5.97 Å². The number of carboxylic acid groups (broad SMARTS) is 1. The minimum absolute atomic E-state index is 0.179. The van der Waals surface area contributed by atoms with Crippen molar-refractivity contribution >= 4 is 11.9 Å². The maximum Gasteiger partial charge on any atom is 0.325 e. The van der Waals surface area contributed by atoms with Gasteiger partial charge in [0.1, 0.15) is 6.04 Å². The monoisotopic (exact) mass is 203 g/mol. The summed E-state index contributed by atoms with van der Waals surface area (Å²) in [7, 11) is 0. The van der Waals surface area contributed by atoms with Crippen LogP contribution in [0.2, 0.25) is 0 Å². The predicted molar refractivity (Wildman–Crippen MR) is 45.8 cm³/mol. The van der Waals surface area contributed by atoms with Crippen molar-refractivity contribution in [3.05, 3.63) is 0 Å². The van der Waals surface area contributed by atoms with Gasteiger partial charge in [-0.3, -0.25) is 9.59 Å². The third-order valence-electron chi connectivity index (χ3n) is 1.84. The Morgan fingerprint density at radius 3 is 2.71 bits per heavy atom. The van der Waals surface area contributed by atoms with Crippen LogP contribution in [0.5, 0.6) is 0 Å². The third-order valence-corrected chi connectivity index (χ3v) is 1.84. The SMILES string of the molecule is C[C@H](NC(=O)C1COCCO1)C(=O)O. The van der Waals surface area contributed by atoms with E-state index in [4.69, 9.17) is 14.6 Å². The van der Waals surface area contributed by atoms with Crippen LogP contribution in [0, 0.1) is 0 Å². The number of ether oxygens (including phenoxy) is 2. The zero-order valence-electron chi connectivity index (χ0n) is 7.86. The van der Waals surface area contributed by atoms with Crippen molar-refractivity contribution in [3.63, 3.8) is 0 Å². The average molecular weight is 203 g/mol. The number of carbonyl (C=O) groups is 2. The van der Waals surface area contributed by atoms with Gasteiger partial charge in [-0.05, 0) is 6.92 Å². The second-order valence-electron chi connectivity index (χ2n) is 3.00. The molecule has 0 aromatic carbocycles. The van der Waals surface area contributed by atoms with Crippen LogP contribution in [0.25, 0.3) is 0 Å². The van der Waals surface area contributed by atoms with E-state index in [9.17, 15) is 9.59 Å². The number of hydrogen-bond acceptors (Lipinski definition) is 4. The number of carbonyl (C=O) groups excluding carboxylic acids is 1. The molecule has 1 fully saturated rings. The fraction of sp³-hybridized carbons (Fsp3) is 0.750. The molecule has 80 valence electrons. The molecule has 2 atom stereocenters. The predicted octanol–water partition coefficient (Wildman–Crippen LogP) is -1.01. The van der Waals surface area contributed by atoms with Gasteiger partial charge in [0, 0.05) is 0 Å². The van der Waals surface area contributed by atoms with Gasteiger partial charge in [0.15, 0.2) is 6.10 Å². The van der Waals surface area contributed by atoms with Gasteiger partial charge in [-0.1, -0.05) is 0 Å². The molecule has 1 aliphatic rings. The van der Waals surface area contributed by atoms with Gasteiger partial charge in [-0.2, -0.15) is 0 Å². The van der Waals surface area contributed by atoms with E-state index in [2.05, 4.69) is 5.32 Å². The van der Waals surface area contributed by atoms with Gasteiger partial charge < -0.3 is 19.9 Å². The van der Waals surface area contributed by atoms with Crippen molar-refractivity contribution in [1.29, 1.82) is 0 Å². The van der Waals surface area contributed by atoms with E-state index in [0.29, 0.717) is 13.2 Å². The van der Waals surface area contributed by atoms with Crippen molar-refractivity contribution in [1.82, 2.24) is 5.32 Å². The zero-order chi connectivity index (χ0) is 10.6. The van der Waals surface area contributed by atoms with Gasteiger partial charge in [-0.15, -0.1) is 0 Å². The van der Waals surface area contributed by atoms with Crippen LogP contribution in [0.3, 0.4) is 0 Å². The number of rotatable bonds is 3. The maximum atomic E-state index is 11.3. The lowest BCUT2D eigenvalue weighted by atomic mass is 10.3. The molecule has 2 N–H and O–H groups in total. The number of hydrogen-bond donors (Lipinski definition) is 2. The Hall–Kier alpha value is -1.14. The van der Waals surface area contributed by atoms with E-state index < -0.39 is 24.0 Å². The van der Waals surface area contributed by atoms with Crippen molar-refractivity contribution < 1.29 is 24.2 Å². The molecule has 1 heterocycles. The first-order valence-electron chi connectivity index (χ1n) is 4.34. The molecular formula is C8H13NO5. The van der Waals surface area contributed by atoms with Crippen LogP contribution < -0.4 is 5.32 Å². The standard InChI is InChI=1S/C8H13NO5/c1-5(8(11)12)9-7(10)6-4-13-2-3-14-6/h5-6H,2-4H2,1H3,(H,9,10)(H,11,12)/t5-,6?/m0/s1. The molecule has 1 saturated heterocycles. The fourth-order valence-corrected chi connectivity index (χ4v) is 1.01. The summed E-state index contributed by atoms with van der Waals surface area (Å²) in [6.07, 6.45) is -0.689. The summed E-state index contributed by atoms with van der Waals surface area (Å²) in [6, 6.07) is -0.909. The number of amides is 1. The molecule has 0 bridgehead atoms. The lowest BCUT2D eigenvalue weighted by Gasteiger charge is -2.22. The number of nitrogens with one attached hydrogen (secondary N) is 1. The second-order valence-corrected chi connectivity index (χ2v) is 3.00. The van der Waals surface area contributed by atoms with E-state index in [0.717, 1.165) is 0 Å². The van der Waals surface area contributed by atoms with Crippen molar-refractivity contribution in [3.8, 4) is 0 Å². The van der Waals surface area contributed by atoms with Gasteiger partial charge in [0.25, 0.3) is 5.91 Å². The molecule has 0 aromatic heterocycles. The molecule has 0 radical (unpaired) electrons.